The molecule has 0 spiro atoms. The lowest BCUT2D eigenvalue weighted by Gasteiger charge is -2.35. The molecule has 1 aliphatic carbocycles. The summed E-state index contributed by atoms with van der Waals surface area (Å²) < 4.78 is 5.70. The van der Waals surface area contributed by atoms with Crippen molar-refractivity contribution < 1.29 is 14.3 Å². The van der Waals surface area contributed by atoms with Gasteiger partial charge in [0, 0.05) is 45.4 Å². The van der Waals surface area contributed by atoms with E-state index in [9.17, 15) is 9.59 Å². The minimum Gasteiger partial charge on any atom is -0.377 e. The number of hydrogen-bond acceptors (Lipinski definition) is 5. The van der Waals surface area contributed by atoms with Crippen molar-refractivity contribution in [1.29, 1.82) is 0 Å². The van der Waals surface area contributed by atoms with E-state index in [-0.39, 0.29) is 24.5 Å². The number of amides is 3. The zero-order chi connectivity index (χ0) is 19.2. The number of nitrogens with one attached hydrogen (secondary N) is 2. The Morgan fingerprint density at radius 1 is 1.00 bits per heavy atom. The van der Waals surface area contributed by atoms with Crippen molar-refractivity contribution in [3.05, 3.63) is 0 Å². The third kappa shape index (κ3) is 6.16. The van der Waals surface area contributed by atoms with Gasteiger partial charge in [0.25, 0.3) is 0 Å². The zero-order valence-corrected chi connectivity index (χ0v) is 16.9. The van der Waals surface area contributed by atoms with E-state index in [4.69, 9.17) is 4.74 Å². The molecule has 2 N–H and O–H groups in total. The van der Waals surface area contributed by atoms with Gasteiger partial charge in [-0.2, -0.15) is 0 Å². The van der Waals surface area contributed by atoms with Gasteiger partial charge in [-0.1, -0.05) is 26.7 Å². The summed E-state index contributed by atoms with van der Waals surface area (Å²) in [7, 11) is 0. The summed E-state index contributed by atoms with van der Waals surface area (Å²) in [6.07, 6.45) is 6.08. The van der Waals surface area contributed by atoms with Gasteiger partial charge in [-0.05, 0) is 31.1 Å². The lowest BCUT2D eigenvalue weighted by molar-refractivity contribution is -0.121. The standard InChI is InChI=1S/C20H36N4O3/c1-15-5-3-7-18(16(15)2)21-20(26)22-19(25)14-24-10-8-23(9-11-24)13-17-6-4-12-27-17/h15-18H,3-14H2,1-2H3,(H2,21,22,25,26)/t15-,16+,17-,18+/m0/s1. The molecule has 0 aromatic heterocycles. The predicted molar refractivity (Wildman–Crippen MR) is 104 cm³/mol. The van der Waals surface area contributed by atoms with E-state index < -0.39 is 0 Å². The largest absolute Gasteiger partial charge is 0.377 e. The Balaban J connectivity index is 1.32. The Hall–Kier alpha value is -1.18. The molecule has 1 saturated carbocycles. The number of rotatable bonds is 5. The average molecular weight is 381 g/mol. The highest BCUT2D eigenvalue weighted by Gasteiger charge is 2.29. The Morgan fingerprint density at radius 3 is 2.44 bits per heavy atom. The van der Waals surface area contributed by atoms with E-state index >= 15 is 0 Å². The number of carbonyl (C=O) groups is 2. The highest BCUT2D eigenvalue weighted by Crippen LogP contribution is 2.29. The van der Waals surface area contributed by atoms with Crippen molar-refractivity contribution in [2.45, 2.75) is 58.1 Å². The van der Waals surface area contributed by atoms with Crippen LogP contribution in [0.1, 0.15) is 46.0 Å². The highest BCUT2D eigenvalue weighted by molar-refractivity contribution is 5.95. The first-order valence-electron chi connectivity index (χ1n) is 10.7. The molecule has 4 atom stereocenters. The molecular formula is C20H36N4O3. The number of piperazine rings is 1. The molecule has 0 unspecified atom stereocenters. The molecule has 3 aliphatic rings. The van der Waals surface area contributed by atoms with Crippen molar-refractivity contribution >= 4 is 11.9 Å². The molecule has 3 rings (SSSR count). The molecule has 3 fully saturated rings. The first-order chi connectivity index (χ1) is 13.0. The summed E-state index contributed by atoms with van der Waals surface area (Å²) in [6, 6.07) is -0.175. The molecule has 154 valence electrons. The fraction of sp³-hybridized carbons (Fsp3) is 0.900. The summed E-state index contributed by atoms with van der Waals surface area (Å²) in [4.78, 5) is 28.9. The summed E-state index contributed by atoms with van der Waals surface area (Å²) in [5.74, 6) is 0.860. The van der Waals surface area contributed by atoms with E-state index in [2.05, 4.69) is 34.3 Å². The molecule has 0 radical (unpaired) electrons. The molecule has 2 saturated heterocycles. The van der Waals surface area contributed by atoms with E-state index in [1.54, 1.807) is 0 Å². The summed E-state index contributed by atoms with van der Waals surface area (Å²) in [5, 5.41) is 5.52. The van der Waals surface area contributed by atoms with Crippen LogP contribution >= 0.6 is 0 Å². The third-order valence-corrected chi connectivity index (χ3v) is 6.59. The molecule has 2 aliphatic heterocycles. The van der Waals surface area contributed by atoms with Crippen molar-refractivity contribution in [3.8, 4) is 0 Å². The first-order valence-corrected chi connectivity index (χ1v) is 10.7. The number of nitrogens with zero attached hydrogens (tertiary/aromatic N) is 2. The van der Waals surface area contributed by atoms with Crippen LogP contribution in [0.15, 0.2) is 0 Å². The number of carbonyl (C=O) groups excluding carboxylic acids is 2. The van der Waals surface area contributed by atoms with Crippen LogP contribution in [0.25, 0.3) is 0 Å². The molecule has 27 heavy (non-hydrogen) atoms. The lowest BCUT2D eigenvalue weighted by Crippen LogP contribution is -2.53. The molecule has 7 nitrogen and oxygen atoms in total. The Labute approximate surface area is 163 Å². The Morgan fingerprint density at radius 2 is 1.74 bits per heavy atom. The van der Waals surface area contributed by atoms with Crippen molar-refractivity contribution in [2.75, 3.05) is 45.9 Å². The van der Waals surface area contributed by atoms with Gasteiger partial charge in [-0.25, -0.2) is 4.79 Å². The van der Waals surface area contributed by atoms with Crippen molar-refractivity contribution in [1.82, 2.24) is 20.4 Å². The van der Waals surface area contributed by atoms with Gasteiger partial charge >= 0.3 is 6.03 Å². The van der Waals surface area contributed by atoms with Crippen LogP contribution in [-0.4, -0.2) is 79.8 Å². The SMILES string of the molecule is C[C@@H]1[C@@H](C)CCC[C@H]1NC(=O)NC(=O)CN1CCN(C[C@@H]2CCCO2)CC1. The van der Waals surface area contributed by atoms with Gasteiger partial charge in [-0.3, -0.25) is 19.9 Å². The molecule has 0 aromatic carbocycles. The minimum atomic E-state index is -0.344. The fourth-order valence-corrected chi connectivity index (χ4v) is 4.57. The maximum absolute atomic E-state index is 12.2. The van der Waals surface area contributed by atoms with E-state index in [0.717, 1.165) is 58.6 Å². The van der Waals surface area contributed by atoms with Gasteiger partial charge < -0.3 is 10.1 Å². The van der Waals surface area contributed by atoms with Gasteiger partial charge in [-0.15, -0.1) is 0 Å². The van der Waals surface area contributed by atoms with Crippen LogP contribution in [0.4, 0.5) is 4.79 Å². The zero-order valence-electron chi connectivity index (χ0n) is 16.9. The van der Waals surface area contributed by atoms with Crippen LogP contribution in [-0.2, 0) is 9.53 Å². The molecule has 7 heteroatoms. The van der Waals surface area contributed by atoms with Crippen LogP contribution in [0, 0.1) is 11.8 Å². The Kier molecular flexibility index (Phi) is 7.49. The quantitative estimate of drug-likeness (QED) is 0.755. The smallest absolute Gasteiger partial charge is 0.321 e. The van der Waals surface area contributed by atoms with Gasteiger partial charge in [0.1, 0.15) is 0 Å². The second kappa shape index (κ2) is 9.85. The third-order valence-electron chi connectivity index (χ3n) is 6.59. The number of ether oxygens (including phenoxy) is 1. The highest BCUT2D eigenvalue weighted by atomic mass is 16.5. The van der Waals surface area contributed by atoms with Crippen molar-refractivity contribution in [3.63, 3.8) is 0 Å². The normalized spacial score (nSPS) is 33.0. The maximum Gasteiger partial charge on any atom is 0.321 e. The molecule has 3 amide bonds. The lowest BCUT2D eigenvalue weighted by atomic mass is 9.78. The predicted octanol–water partition coefficient (Wildman–Crippen LogP) is 1.43. The van der Waals surface area contributed by atoms with Crippen LogP contribution in [0.2, 0.25) is 0 Å². The number of hydrogen-bond donors (Lipinski definition) is 2. The number of imide groups is 1. The molecule has 2 heterocycles. The van der Waals surface area contributed by atoms with Crippen LogP contribution in [0.3, 0.4) is 0 Å². The van der Waals surface area contributed by atoms with Gasteiger partial charge in [0.2, 0.25) is 5.91 Å². The second-order valence-electron chi connectivity index (χ2n) is 8.61. The summed E-state index contributed by atoms with van der Waals surface area (Å²) >= 11 is 0. The monoisotopic (exact) mass is 380 g/mol. The fourth-order valence-electron chi connectivity index (χ4n) is 4.57. The van der Waals surface area contributed by atoms with Gasteiger partial charge in [0.05, 0.1) is 12.6 Å². The average Bonchev–Trinajstić information content (AvgIpc) is 3.13. The molecule has 0 aromatic rings. The minimum absolute atomic E-state index is 0.169. The molecule has 0 bridgehead atoms. The number of urea groups is 1. The van der Waals surface area contributed by atoms with Gasteiger partial charge in [0.15, 0.2) is 0 Å². The topological polar surface area (TPSA) is 73.9 Å². The van der Waals surface area contributed by atoms with E-state index in [1.165, 1.54) is 12.8 Å². The van der Waals surface area contributed by atoms with E-state index in [1.807, 2.05) is 0 Å². The first kappa shape index (κ1) is 20.6. The molecular weight excluding hydrogens is 344 g/mol. The van der Waals surface area contributed by atoms with Crippen LogP contribution < -0.4 is 10.6 Å². The summed E-state index contributed by atoms with van der Waals surface area (Å²) in [5.41, 5.74) is 0. The summed E-state index contributed by atoms with van der Waals surface area (Å²) in [6.45, 7) is 10.2. The second-order valence-corrected chi connectivity index (χ2v) is 8.61. The van der Waals surface area contributed by atoms with Crippen molar-refractivity contribution in [2.24, 2.45) is 11.8 Å². The van der Waals surface area contributed by atoms with E-state index in [0.29, 0.717) is 17.9 Å². The Bertz CT molecular complexity index is 501. The van der Waals surface area contributed by atoms with Crippen LogP contribution in [0.5, 0.6) is 0 Å². The maximum atomic E-state index is 12.2.